The van der Waals surface area contributed by atoms with Crippen molar-refractivity contribution < 1.29 is 4.74 Å². The molecule has 0 atom stereocenters. The molecule has 0 unspecified atom stereocenters. The van der Waals surface area contributed by atoms with Crippen LogP contribution in [0.2, 0.25) is 0 Å². The van der Waals surface area contributed by atoms with Crippen LogP contribution in [0, 0.1) is 6.92 Å². The molecule has 5 nitrogen and oxygen atoms in total. The van der Waals surface area contributed by atoms with Gasteiger partial charge in [-0.3, -0.25) is 4.98 Å². The van der Waals surface area contributed by atoms with Crippen LogP contribution in [0.4, 0.5) is 0 Å². The summed E-state index contributed by atoms with van der Waals surface area (Å²) < 4.78 is 5.53. The van der Waals surface area contributed by atoms with E-state index in [2.05, 4.69) is 20.2 Å². The summed E-state index contributed by atoms with van der Waals surface area (Å²) in [7, 11) is 0. The van der Waals surface area contributed by atoms with E-state index in [9.17, 15) is 0 Å². The third-order valence-electron chi connectivity index (χ3n) is 2.58. The lowest BCUT2D eigenvalue weighted by Crippen LogP contribution is -2.04. The lowest BCUT2D eigenvalue weighted by molar-refractivity contribution is 0.426. The van der Waals surface area contributed by atoms with Crippen molar-refractivity contribution in [1.82, 2.24) is 20.2 Å². The maximum absolute atomic E-state index is 5.53. The highest BCUT2D eigenvalue weighted by atomic mass is 16.5. The molecule has 0 aliphatic carbocycles. The van der Waals surface area contributed by atoms with Gasteiger partial charge in [0.1, 0.15) is 5.75 Å². The largest absolute Gasteiger partial charge is 0.422 e. The van der Waals surface area contributed by atoms with Crippen molar-refractivity contribution in [3.05, 3.63) is 35.4 Å². The molecule has 0 aromatic carbocycles. The minimum Gasteiger partial charge on any atom is -0.422 e. The monoisotopic (exact) mass is 244 g/mol. The molecular formula is C13H16N4O. The van der Waals surface area contributed by atoms with Crippen molar-refractivity contribution in [3.8, 4) is 11.8 Å². The molecule has 0 saturated heterocycles. The second-order valence-electron chi connectivity index (χ2n) is 3.93. The molecule has 0 aliphatic heterocycles. The highest BCUT2D eigenvalue weighted by molar-refractivity contribution is 5.23. The Hall–Kier alpha value is -2.04. The number of hydrogen-bond donors (Lipinski definition) is 0. The fourth-order valence-electron chi connectivity index (χ4n) is 1.58. The Balaban J connectivity index is 2.21. The van der Waals surface area contributed by atoms with Crippen LogP contribution in [-0.4, -0.2) is 20.2 Å². The van der Waals surface area contributed by atoms with E-state index >= 15 is 0 Å². The van der Waals surface area contributed by atoms with Gasteiger partial charge >= 0.3 is 6.01 Å². The van der Waals surface area contributed by atoms with E-state index in [0.29, 0.717) is 5.75 Å². The van der Waals surface area contributed by atoms with Crippen molar-refractivity contribution >= 4 is 0 Å². The summed E-state index contributed by atoms with van der Waals surface area (Å²) in [5, 5.41) is 8.09. The lowest BCUT2D eigenvalue weighted by atomic mass is 10.2. The molecular weight excluding hydrogens is 228 g/mol. The number of nitrogens with zero attached hydrogens (tertiary/aromatic N) is 4. The Morgan fingerprint density at radius 2 is 1.83 bits per heavy atom. The second-order valence-corrected chi connectivity index (χ2v) is 3.93. The van der Waals surface area contributed by atoms with Crippen LogP contribution >= 0.6 is 0 Å². The van der Waals surface area contributed by atoms with Crippen LogP contribution in [0.15, 0.2) is 18.3 Å². The van der Waals surface area contributed by atoms with Crippen LogP contribution in [-0.2, 0) is 12.8 Å². The molecule has 94 valence electrons. The van der Waals surface area contributed by atoms with Crippen LogP contribution in [0.3, 0.4) is 0 Å². The maximum atomic E-state index is 5.53. The molecule has 0 bridgehead atoms. The predicted octanol–water partition coefficient (Wildman–Crippen LogP) is 2.49. The van der Waals surface area contributed by atoms with Gasteiger partial charge in [-0.15, -0.1) is 5.10 Å². The number of rotatable bonds is 4. The molecule has 0 saturated carbocycles. The smallest absolute Gasteiger partial charge is 0.341 e. The van der Waals surface area contributed by atoms with Crippen molar-refractivity contribution in [3.63, 3.8) is 0 Å². The first-order valence-corrected chi connectivity index (χ1v) is 6.06. The van der Waals surface area contributed by atoms with E-state index in [-0.39, 0.29) is 6.01 Å². The summed E-state index contributed by atoms with van der Waals surface area (Å²) in [6, 6.07) is 3.99. The van der Waals surface area contributed by atoms with Gasteiger partial charge in [-0.05, 0) is 31.9 Å². The molecule has 2 heterocycles. The van der Waals surface area contributed by atoms with Gasteiger partial charge in [0.05, 0.1) is 17.6 Å². The highest BCUT2D eigenvalue weighted by Gasteiger charge is 2.07. The first-order valence-electron chi connectivity index (χ1n) is 6.06. The third kappa shape index (κ3) is 2.80. The van der Waals surface area contributed by atoms with Gasteiger partial charge in [-0.2, -0.15) is 4.98 Å². The Morgan fingerprint density at radius 1 is 1.06 bits per heavy atom. The molecule has 2 rings (SSSR count). The van der Waals surface area contributed by atoms with Gasteiger partial charge < -0.3 is 4.74 Å². The quantitative estimate of drug-likeness (QED) is 0.826. The minimum absolute atomic E-state index is 0.273. The van der Waals surface area contributed by atoms with Crippen molar-refractivity contribution in [2.24, 2.45) is 0 Å². The minimum atomic E-state index is 0.273. The molecule has 2 aromatic heterocycles. The molecule has 18 heavy (non-hydrogen) atoms. The Labute approximate surface area is 106 Å². The van der Waals surface area contributed by atoms with Gasteiger partial charge in [0.2, 0.25) is 0 Å². The van der Waals surface area contributed by atoms with Crippen molar-refractivity contribution in [2.75, 3.05) is 0 Å². The van der Waals surface area contributed by atoms with E-state index in [1.807, 2.05) is 32.9 Å². The number of aromatic nitrogens is 4. The first kappa shape index (κ1) is 12.4. The summed E-state index contributed by atoms with van der Waals surface area (Å²) in [5.41, 5.74) is 2.80. The molecule has 0 aliphatic rings. The zero-order chi connectivity index (χ0) is 13.0. The summed E-state index contributed by atoms with van der Waals surface area (Å²) in [4.78, 5) is 8.51. The van der Waals surface area contributed by atoms with Crippen molar-refractivity contribution in [1.29, 1.82) is 0 Å². The molecule has 0 radical (unpaired) electrons. The SMILES string of the molecule is CCc1nnc(Oc2ccc(C)nc2)nc1CC. The molecule has 5 heteroatoms. The number of pyridine rings is 1. The van der Waals surface area contributed by atoms with E-state index in [1.54, 1.807) is 6.20 Å². The fraction of sp³-hybridized carbons (Fsp3) is 0.385. The van der Waals surface area contributed by atoms with E-state index < -0.39 is 0 Å². The van der Waals surface area contributed by atoms with Crippen LogP contribution < -0.4 is 4.74 Å². The molecule has 0 fully saturated rings. The Morgan fingerprint density at radius 3 is 2.44 bits per heavy atom. The van der Waals surface area contributed by atoms with Crippen molar-refractivity contribution in [2.45, 2.75) is 33.6 Å². The molecule has 0 amide bonds. The van der Waals surface area contributed by atoms with Gasteiger partial charge in [-0.1, -0.05) is 18.9 Å². The summed E-state index contributed by atoms with van der Waals surface area (Å²) in [5.74, 6) is 0.619. The summed E-state index contributed by atoms with van der Waals surface area (Å²) in [6.07, 6.45) is 3.30. The van der Waals surface area contributed by atoms with E-state index in [0.717, 1.165) is 29.9 Å². The van der Waals surface area contributed by atoms with Gasteiger partial charge in [0, 0.05) is 5.69 Å². The molecule has 2 aromatic rings. The first-order chi connectivity index (χ1) is 8.72. The Bertz CT molecular complexity index is 525. The second kappa shape index (κ2) is 5.53. The number of aryl methyl sites for hydroxylation is 3. The molecule has 0 spiro atoms. The van der Waals surface area contributed by atoms with Gasteiger partial charge in [-0.25, -0.2) is 0 Å². The van der Waals surface area contributed by atoms with E-state index in [4.69, 9.17) is 4.74 Å². The van der Waals surface area contributed by atoms with Gasteiger partial charge in [0.15, 0.2) is 0 Å². The summed E-state index contributed by atoms with van der Waals surface area (Å²) in [6.45, 7) is 6.00. The predicted molar refractivity (Wildman–Crippen MR) is 67.6 cm³/mol. The topological polar surface area (TPSA) is 60.8 Å². The highest BCUT2D eigenvalue weighted by Crippen LogP contribution is 2.17. The van der Waals surface area contributed by atoms with Crippen LogP contribution in [0.5, 0.6) is 11.8 Å². The number of hydrogen-bond acceptors (Lipinski definition) is 5. The zero-order valence-electron chi connectivity index (χ0n) is 10.8. The lowest BCUT2D eigenvalue weighted by Gasteiger charge is -2.06. The normalized spacial score (nSPS) is 10.4. The molecule has 0 N–H and O–H groups in total. The van der Waals surface area contributed by atoms with Crippen LogP contribution in [0.25, 0.3) is 0 Å². The standard InChI is InChI=1S/C13H16N4O/c1-4-11-12(5-2)16-17-13(15-11)18-10-7-6-9(3)14-8-10/h6-8H,4-5H2,1-3H3. The third-order valence-corrected chi connectivity index (χ3v) is 2.58. The average Bonchev–Trinajstić information content (AvgIpc) is 2.41. The maximum Gasteiger partial charge on any atom is 0.341 e. The summed E-state index contributed by atoms with van der Waals surface area (Å²) >= 11 is 0. The van der Waals surface area contributed by atoms with Crippen LogP contribution in [0.1, 0.15) is 30.9 Å². The van der Waals surface area contributed by atoms with Gasteiger partial charge in [0.25, 0.3) is 0 Å². The zero-order valence-corrected chi connectivity index (χ0v) is 10.8. The van der Waals surface area contributed by atoms with E-state index in [1.165, 1.54) is 0 Å². The number of ether oxygens (including phenoxy) is 1. The average molecular weight is 244 g/mol. The fourth-order valence-corrected chi connectivity index (χ4v) is 1.58. The Kier molecular flexibility index (Phi) is 3.82.